The maximum atomic E-state index is 13.4. The number of rotatable bonds is 7. The molecule has 0 radical (unpaired) electrons. The summed E-state index contributed by atoms with van der Waals surface area (Å²) >= 11 is 9.57. The van der Waals surface area contributed by atoms with E-state index in [1.54, 1.807) is 19.1 Å². The molecular weight excluding hydrogens is 665 g/mol. The van der Waals surface area contributed by atoms with Gasteiger partial charge in [0.05, 0.1) is 27.4 Å². The molecule has 1 saturated heterocycles. The molecule has 4 amide bonds. The maximum Gasteiger partial charge on any atom is 0.416 e. The average Bonchev–Trinajstić information content (AvgIpc) is 2.96. The van der Waals surface area contributed by atoms with Crippen LogP contribution in [0.2, 0.25) is 5.02 Å². The van der Waals surface area contributed by atoms with Gasteiger partial charge in [0.25, 0.3) is 11.8 Å². The van der Waals surface area contributed by atoms with Crippen LogP contribution >= 0.6 is 27.5 Å². The Labute approximate surface area is 263 Å². The minimum atomic E-state index is -4.76. The molecule has 1 aliphatic heterocycles. The number of benzene rings is 4. The van der Waals surface area contributed by atoms with E-state index >= 15 is 0 Å². The van der Waals surface area contributed by atoms with E-state index in [1.807, 2.05) is 48.6 Å². The second-order valence-electron chi connectivity index (χ2n) is 9.76. The van der Waals surface area contributed by atoms with Gasteiger partial charge in [-0.05, 0) is 88.1 Å². The molecule has 0 spiro atoms. The minimum absolute atomic E-state index is 0.224. The summed E-state index contributed by atoms with van der Waals surface area (Å²) in [5, 5.41) is 3.81. The fourth-order valence-corrected chi connectivity index (χ4v) is 5.53. The van der Waals surface area contributed by atoms with E-state index in [1.165, 1.54) is 6.08 Å². The third-order valence-electron chi connectivity index (χ3n) is 6.89. The van der Waals surface area contributed by atoms with Gasteiger partial charge >= 0.3 is 12.2 Å². The number of hydrogen-bond acceptors (Lipinski definition) is 5. The predicted octanol–water partition coefficient (Wildman–Crippen LogP) is 8.23. The molecule has 12 heteroatoms. The molecule has 1 aliphatic rings. The predicted molar refractivity (Wildman–Crippen MR) is 164 cm³/mol. The van der Waals surface area contributed by atoms with Gasteiger partial charge in [0.2, 0.25) is 0 Å². The Balaban J connectivity index is 1.50. The second kappa shape index (κ2) is 12.3. The van der Waals surface area contributed by atoms with Gasteiger partial charge in [0, 0.05) is 5.56 Å². The highest BCUT2D eigenvalue weighted by atomic mass is 79.9. The minimum Gasteiger partial charge on any atom is -0.490 e. The summed E-state index contributed by atoms with van der Waals surface area (Å²) < 4.78 is 52.6. The topological polar surface area (TPSA) is 84.9 Å². The van der Waals surface area contributed by atoms with Crippen molar-refractivity contribution in [1.29, 1.82) is 0 Å². The molecule has 0 saturated carbocycles. The Hall–Kier alpha value is -4.35. The van der Waals surface area contributed by atoms with Crippen molar-refractivity contribution < 1.29 is 37.0 Å². The Morgan fingerprint density at radius 2 is 1.75 bits per heavy atom. The number of aryl methyl sites for hydroxylation is 1. The maximum absolute atomic E-state index is 13.4. The third kappa shape index (κ3) is 6.15. The highest BCUT2D eigenvalue weighted by molar-refractivity contribution is 9.10. The molecule has 4 aromatic carbocycles. The first kappa shape index (κ1) is 31.1. The molecule has 1 fully saturated rings. The molecule has 0 aromatic heterocycles. The number of fused-ring (bicyclic) bond motifs is 1. The molecular formula is C32H23BrClF3N2O5. The fraction of sp³-hybridized carbons (Fsp3) is 0.156. The van der Waals surface area contributed by atoms with Gasteiger partial charge < -0.3 is 9.47 Å². The van der Waals surface area contributed by atoms with Gasteiger partial charge in [-0.2, -0.15) is 13.2 Å². The number of halogens is 5. The lowest BCUT2D eigenvalue weighted by Crippen LogP contribution is -2.54. The van der Waals surface area contributed by atoms with Crippen LogP contribution in [0.5, 0.6) is 11.5 Å². The number of nitrogens with zero attached hydrogens (tertiary/aromatic N) is 1. The number of urea groups is 1. The lowest BCUT2D eigenvalue weighted by atomic mass is 10.0. The normalized spacial score (nSPS) is 14.8. The molecule has 7 nitrogen and oxygen atoms in total. The highest BCUT2D eigenvalue weighted by Crippen LogP contribution is 2.40. The van der Waals surface area contributed by atoms with Crippen molar-refractivity contribution in [2.45, 2.75) is 26.6 Å². The van der Waals surface area contributed by atoms with Crippen LogP contribution in [0.4, 0.5) is 23.7 Å². The largest absolute Gasteiger partial charge is 0.490 e. The number of carbonyl (C=O) groups excluding carboxylic acids is 3. The number of barbiturate groups is 1. The lowest BCUT2D eigenvalue weighted by molar-refractivity contribution is -0.137. The second-order valence-corrected chi connectivity index (χ2v) is 11.0. The number of anilines is 1. The van der Waals surface area contributed by atoms with Crippen molar-refractivity contribution >= 4 is 67.9 Å². The quantitative estimate of drug-likeness (QED) is 0.156. The standard InChI is InChI=1S/C32H23BrClF3N2O5/c1-3-43-27-14-18(13-24(33)28(27)44-16-23-17(2)8-9-19-6-4-5-7-21(19)23)12-22-29(40)38-31(42)39(30(22)41)26-15-20(32(35,36)37)10-11-25(26)34/h4-15H,3,16H2,1-2H3,(H,38,40,42)/b22-12-. The fourth-order valence-electron chi connectivity index (χ4n) is 4.76. The molecule has 226 valence electrons. The third-order valence-corrected chi connectivity index (χ3v) is 7.80. The molecule has 1 heterocycles. The zero-order chi connectivity index (χ0) is 31.8. The molecule has 0 aliphatic carbocycles. The summed E-state index contributed by atoms with van der Waals surface area (Å²) in [7, 11) is 0. The van der Waals surface area contributed by atoms with Crippen molar-refractivity contribution in [3.63, 3.8) is 0 Å². The van der Waals surface area contributed by atoms with Gasteiger partial charge in [-0.25, -0.2) is 9.69 Å². The number of amides is 4. The molecule has 44 heavy (non-hydrogen) atoms. The number of hydrogen-bond donors (Lipinski definition) is 1. The summed E-state index contributed by atoms with van der Waals surface area (Å²) in [5.74, 6) is -1.49. The molecule has 0 bridgehead atoms. The summed E-state index contributed by atoms with van der Waals surface area (Å²) in [6.07, 6.45) is -3.56. The monoisotopic (exact) mass is 686 g/mol. The van der Waals surface area contributed by atoms with E-state index in [4.69, 9.17) is 21.1 Å². The van der Waals surface area contributed by atoms with Crippen molar-refractivity contribution in [1.82, 2.24) is 5.32 Å². The van der Waals surface area contributed by atoms with Crippen LogP contribution in [0.1, 0.15) is 29.2 Å². The Morgan fingerprint density at radius 3 is 2.48 bits per heavy atom. The van der Waals surface area contributed by atoms with Crippen LogP contribution in [0, 0.1) is 6.92 Å². The van der Waals surface area contributed by atoms with Crippen LogP contribution in [0.25, 0.3) is 16.8 Å². The SMILES string of the molecule is CCOc1cc(/C=C2/C(=O)NC(=O)N(c3cc(C(F)(F)F)ccc3Cl)C2=O)cc(Br)c1OCc1c(C)ccc2ccccc12. The van der Waals surface area contributed by atoms with E-state index in [-0.39, 0.29) is 18.2 Å². The number of alkyl halides is 3. The van der Waals surface area contributed by atoms with Crippen LogP contribution in [0.3, 0.4) is 0 Å². The van der Waals surface area contributed by atoms with Gasteiger partial charge in [-0.1, -0.05) is 48.0 Å². The Kier molecular flexibility index (Phi) is 8.71. The lowest BCUT2D eigenvalue weighted by Gasteiger charge is -2.27. The van der Waals surface area contributed by atoms with E-state index < -0.39 is 40.8 Å². The molecule has 0 unspecified atom stereocenters. The number of nitrogens with one attached hydrogen (secondary N) is 1. The zero-order valence-electron chi connectivity index (χ0n) is 23.2. The van der Waals surface area contributed by atoms with Gasteiger partial charge in [-0.15, -0.1) is 0 Å². The van der Waals surface area contributed by atoms with Crippen molar-refractivity contribution in [2.75, 3.05) is 11.5 Å². The zero-order valence-corrected chi connectivity index (χ0v) is 25.6. The highest BCUT2D eigenvalue weighted by Gasteiger charge is 2.39. The van der Waals surface area contributed by atoms with Gasteiger partial charge in [-0.3, -0.25) is 14.9 Å². The molecule has 4 aromatic rings. The van der Waals surface area contributed by atoms with E-state index in [0.717, 1.165) is 34.0 Å². The number of imide groups is 2. The van der Waals surface area contributed by atoms with E-state index in [0.29, 0.717) is 32.5 Å². The number of ether oxygens (including phenoxy) is 2. The summed E-state index contributed by atoms with van der Waals surface area (Å²) in [6.45, 7) is 4.26. The molecule has 0 atom stereocenters. The van der Waals surface area contributed by atoms with Gasteiger partial charge in [0.1, 0.15) is 12.2 Å². The van der Waals surface area contributed by atoms with Crippen LogP contribution in [-0.4, -0.2) is 24.5 Å². The van der Waals surface area contributed by atoms with E-state index in [2.05, 4.69) is 15.9 Å². The van der Waals surface area contributed by atoms with Gasteiger partial charge in [0.15, 0.2) is 11.5 Å². The van der Waals surface area contributed by atoms with Crippen molar-refractivity contribution in [3.8, 4) is 11.5 Å². The first-order valence-electron chi connectivity index (χ1n) is 13.2. The van der Waals surface area contributed by atoms with E-state index in [9.17, 15) is 27.6 Å². The van der Waals surface area contributed by atoms with Crippen LogP contribution in [0.15, 0.2) is 76.8 Å². The molecule has 5 rings (SSSR count). The first-order chi connectivity index (χ1) is 20.9. The number of carbonyl (C=O) groups is 3. The smallest absolute Gasteiger partial charge is 0.416 e. The van der Waals surface area contributed by atoms with Crippen LogP contribution < -0.4 is 19.7 Å². The van der Waals surface area contributed by atoms with Crippen LogP contribution in [-0.2, 0) is 22.4 Å². The van der Waals surface area contributed by atoms with Crippen molar-refractivity contribution in [2.24, 2.45) is 0 Å². The first-order valence-corrected chi connectivity index (χ1v) is 14.4. The Bertz CT molecular complexity index is 1860. The molecule has 1 N–H and O–H groups in total. The summed E-state index contributed by atoms with van der Waals surface area (Å²) in [4.78, 5) is 39.2. The summed E-state index contributed by atoms with van der Waals surface area (Å²) in [6, 6.07) is 16.1. The average molecular weight is 688 g/mol. The Morgan fingerprint density at radius 1 is 1.00 bits per heavy atom. The summed E-state index contributed by atoms with van der Waals surface area (Å²) in [5.41, 5.74) is 0.196. The van der Waals surface area contributed by atoms with Crippen molar-refractivity contribution in [3.05, 3.63) is 104 Å².